The Kier molecular flexibility index (Phi) is 3.70. The maximum absolute atomic E-state index is 6.08. The third-order valence-electron chi connectivity index (χ3n) is 4.01. The van der Waals surface area contributed by atoms with Gasteiger partial charge in [0.05, 0.1) is 0 Å². The first-order chi connectivity index (χ1) is 10.2. The molecule has 1 atom stereocenters. The molecule has 1 aliphatic heterocycles. The first-order valence-electron chi connectivity index (χ1n) is 7.49. The Morgan fingerprint density at radius 1 is 1.10 bits per heavy atom. The molecule has 0 saturated heterocycles. The fourth-order valence-corrected chi connectivity index (χ4v) is 2.43. The van der Waals surface area contributed by atoms with Crippen LogP contribution in [0.5, 0.6) is 5.75 Å². The smallest absolute Gasteiger partial charge is 0.127 e. The highest BCUT2D eigenvalue weighted by molar-refractivity contribution is 5.62. The number of anilines is 1. The highest BCUT2D eigenvalue weighted by Gasteiger charge is 2.24. The lowest BCUT2D eigenvalue weighted by Gasteiger charge is -2.30. The number of nitrogens with one attached hydrogen (secondary N) is 1. The van der Waals surface area contributed by atoms with Crippen molar-refractivity contribution in [3.05, 3.63) is 65.7 Å². The summed E-state index contributed by atoms with van der Waals surface area (Å²) in [7, 11) is 0. The van der Waals surface area contributed by atoms with Gasteiger partial charge in [0.1, 0.15) is 11.4 Å². The van der Waals surface area contributed by atoms with Gasteiger partial charge in [-0.3, -0.25) is 0 Å². The topological polar surface area (TPSA) is 21.3 Å². The number of hydrogen-bond acceptors (Lipinski definition) is 2. The SMILES string of the molecule is CC[C@]1(C)C=Cc2cc(CNc3ccccc3)ccc2O1. The van der Waals surface area contributed by atoms with E-state index in [0.29, 0.717) is 0 Å². The maximum Gasteiger partial charge on any atom is 0.127 e. The van der Waals surface area contributed by atoms with Crippen LogP contribution < -0.4 is 10.1 Å². The predicted octanol–water partition coefficient (Wildman–Crippen LogP) is 4.87. The van der Waals surface area contributed by atoms with Crippen molar-refractivity contribution in [2.75, 3.05) is 5.32 Å². The standard InChI is InChI=1S/C19H21NO/c1-3-19(2)12-11-16-13-15(9-10-18(16)21-19)14-20-17-7-5-4-6-8-17/h4-13,20H,3,14H2,1-2H3/t19-/m1/s1. The quantitative estimate of drug-likeness (QED) is 0.861. The largest absolute Gasteiger partial charge is 0.483 e. The van der Waals surface area contributed by atoms with Crippen LogP contribution in [0.4, 0.5) is 5.69 Å². The lowest BCUT2D eigenvalue weighted by molar-refractivity contribution is 0.133. The van der Waals surface area contributed by atoms with Crippen molar-refractivity contribution in [3.63, 3.8) is 0 Å². The van der Waals surface area contributed by atoms with Crippen molar-refractivity contribution in [3.8, 4) is 5.75 Å². The van der Waals surface area contributed by atoms with Crippen molar-refractivity contribution in [2.45, 2.75) is 32.4 Å². The molecule has 3 rings (SSSR count). The third kappa shape index (κ3) is 3.10. The minimum Gasteiger partial charge on any atom is -0.483 e. The van der Waals surface area contributed by atoms with Gasteiger partial charge in [-0.15, -0.1) is 0 Å². The summed E-state index contributed by atoms with van der Waals surface area (Å²) in [6, 6.07) is 16.7. The Morgan fingerprint density at radius 2 is 1.90 bits per heavy atom. The van der Waals surface area contributed by atoms with Gasteiger partial charge in [-0.05, 0) is 49.2 Å². The zero-order valence-electron chi connectivity index (χ0n) is 12.6. The molecule has 21 heavy (non-hydrogen) atoms. The molecule has 0 spiro atoms. The van der Waals surface area contributed by atoms with Crippen LogP contribution in [0.25, 0.3) is 6.08 Å². The molecule has 1 heterocycles. The van der Waals surface area contributed by atoms with E-state index in [0.717, 1.165) is 30.0 Å². The summed E-state index contributed by atoms with van der Waals surface area (Å²) >= 11 is 0. The number of rotatable bonds is 4. The molecular weight excluding hydrogens is 258 g/mol. The van der Waals surface area contributed by atoms with Gasteiger partial charge in [-0.2, -0.15) is 0 Å². The lowest BCUT2D eigenvalue weighted by Crippen LogP contribution is -2.30. The van der Waals surface area contributed by atoms with Gasteiger partial charge >= 0.3 is 0 Å². The second kappa shape index (κ2) is 5.65. The zero-order chi connectivity index (χ0) is 14.7. The zero-order valence-corrected chi connectivity index (χ0v) is 12.6. The van der Waals surface area contributed by atoms with Crippen molar-refractivity contribution < 1.29 is 4.74 Å². The van der Waals surface area contributed by atoms with E-state index >= 15 is 0 Å². The molecule has 108 valence electrons. The van der Waals surface area contributed by atoms with Crippen molar-refractivity contribution in [1.29, 1.82) is 0 Å². The van der Waals surface area contributed by atoms with Crippen LogP contribution in [0, 0.1) is 0 Å². The normalized spacial score (nSPS) is 19.7. The molecule has 0 amide bonds. The fourth-order valence-electron chi connectivity index (χ4n) is 2.43. The number of ether oxygens (including phenoxy) is 1. The molecule has 2 heteroatoms. The summed E-state index contributed by atoms with van der Waals surface area (Å²) in [5.74, 6) is 0.977. The molecule has 2 nitrogen and oxygen atoms in total. The van der Waals surface area contributed by atoms with Gasteiger partial charge in [0.2, 0.25) is 0 Å². The van der Waals surface area contributed by atoms with E-state index in [1.54, 1.807) is 0 Å². The van der Waals surface area contributed by atoms with Gasteiger partial charge < -0.3 is 10.1 Å². The molecule has 1 aliphatic rings. The van der Waals surface area contributed by atoms with Crippen LogP contribution in [-0.4, -0.2) is 5.60 Å². The number of fused-ring (bicyclic) bond motifs is 1. The fraction of sp³-hybridized carbons (Fsp3) is 0.263. The summed E-state index contributed by atoms with van der Waals surface area (Å²) in [6.07, 6.45) is 5.30. The molecule has 2 aromatic carbocycles. The lowest BCUT2D eigenvalue weighted by atomic mass is 9.97. The number of para-hydroxylation sites is 1. The van der Waals surface area contributed by atoms with E-state index in [1.165, 1.54) is 5.56 Å². The van der Waals surface area contributed by atoms with Crippen LogP contribution in [-0.2, 0) is 6.54 Å². The van der Waals surface area contributed by atoms with E-state index in [-0.39, 0.29) is 5.60 Å². The third-order valence-corrected chi connectivity index (χ3v) is 4.01. The molecule has 1 N–H and O–H groups in total. The summed E-state index contributed by atoms with van der Waals surface area (Å²) in [5, 5.41) is 3.43. The minimum atomic E-state index is -0.170. The Labute approximate surface area is 126 Å². The van der Waals surface area contributed by atoms with Crippen molar-refractivity contribution in [1.82, 2.24) is 0 Å². The Balaban J connectivity index is 1.73. The van der Waals surface area contributed by atoms with E-state index in [2.05, 4.69) is 61.6 Å². The second-order valence-electron chi connectivity index (χ2n) is 5.69. The monoisotopic (exact) mass is 279 g/mol. The van der Waals surface area contributed by atoms with Gasteiger partial charge in [0.25, 0.3) is 0 Å². The van der Waals surface area contributed by atoms with Gasteiger partial charge in [-0.1, -0.05) is 37.3 Å². The molecule has 2 aromatic rings. The van der Waals surface area contributed by atoms with Crippen LogP contribution >= 0.6 is 0 Å². The van der Waals surface area contributed by atoms with Gasteiger partial charge in [0.15, 0.2) is 0 Å². The average Bonchev–Trinajstić information content (AvgIpc) is 2.54. The van der Waals surface area contributed by atoms with Gasteiger partial charge in [-0.25, -0.2) is 0 Å². The van der Waals surface area contributed by atoms with Crippen LogP contribution in [0.2, 0.25) is 0 Å². The van der Waals surface area contributed by atoms with Crippen LogP contribution in [0.1, 0.15) is 31.4 Å². The Morgan fingerprint density at radius 3 is 2.67 bits per heavy atom. The highest BCUT2D eigenvalue weighted by Crippen LogP contribution is 2.33. The number of hydrogen-bond donors (Lipinski definition) is 1. The molecule has 0 radical (unpaired) electrons. The Bertz CT molecular complexity index is 648. The number of benzene rings is 2. The van der Waals surface area contributed by atoms with Gasteiger partial charge in [0, 0.05) is 17.8 Å². The maximum atomic E-state index is 6.08. The first-order valence-corrected chi connectivity index (χ1v) is 7.49. The summed E-state index contributed by atoms with van der Waals surface area (Å²) in [5.41, 5.74) is 3.39. The average molecular weight is 279 g/mol. The molecule has 0 unspecified atom stereocenters. The first kappa shape index (κ1) is 13.7. The summed E-state index contributed by atoms with van der Waals surface area (Å²) in [6.45, 7) is 5.08. The minimum absolute atomic E-state index is 0.170. The summed E-state index contributed by atoms with van der Waals surface area (Å²) in [4.78, 5) is 0. The molecule has 0 fully saturated rings. The van der Waals surface area contributed by atoms with Crippen LogP contribution in [0.15, 0.2) is 54.6 Å². The van der Waals surface area contributed by atoms with E-state index in [4.69, 9.17) is 4.74 Å². The van der Waals surface area contributed by atoms with Crippen molar-refractivity contribution in [2.24, 2.45) is 0 Å². The van der Waals surface area contributed by atoms with Crippen molar-refractivity contribution >= 4 is 11.8 Å². The highest BCUT2D eigenvalue weighted by atomic mass is 16.5. The molecule has 0 saturated carbocycles. The van der Waals surface area contributed by atoms with E-state index < -0.39 is 0 Å². The second-order valence-corrected chi connectivity index (χ2v) is 5.69. The Hall–Kier alpha value is -2.22. The van der Waals surface area contributed by atoms with E-state index in [1.807, 2.05) is 18.2 Å². The predicted molar refractivity (Wildman–Crippen MR) is 88.6 cm³/mol. The summed E-state index contributed by atoms with van der Waals surface area (Å²) < 4.78 is 6.08. The molecule has 0 aliphatic carbocycles. The molecule has 0 aromatic heterocycles. The van der Waals surface area contributed by atoms with Crippen LogP contribution in [0.3, 0.4) is 0 Å². The van der Waals surface area contributed by atoms with E-state index in [9.17, 15) is 0 Å². The molecular formula is C19H21NO. The molecule has 0 bridgehead atoms.